The Balaban J connectivity index is 2.14. The first-order valence-corrected chi connectivity index (χ1v) is 6.62. The van der Waals surface area contributed by atoms with Crippen LogP contribution in [0, 0.1) is 0 Å². The molecule has 2 amide bonds. The second-order valence-corrected chi connectivity index (χ2v) is 4.43. The van der Waals surface area contributed by atoms with Gasteiger partial charge in [-0.3, -0.25) is 14.0 Å². The van der Waals surface area contributed by atoms with Gasteiger partial charge < -0.3 is 10.6 Å². The van der Waals surface area contributed by atoms with E-state index in [0.717, 1.165) is 11.3 Å². The van der Waals surface area contributed by atoms with Crippen LogP contribution in [0.2, 0.25) is 0 Å². The summed E-state index contributed by atoms with van der Waals surface area (Å²) in [5.41, 5.74) is 2.09. The van der Waals surface area contributed by atoms with E-state index in [9.17, 15) is 9.59 Å². The number of aromatic nitrogens is 2. The maximum absolute atomic E-state index is 12.3. The number of fused-ring (bicyclic) bond motifs is 1. The molecule has 0 saturated carbocycles. The Morgan fingerprint density at radius 3 is 2.70 bits per heavy atom. The first kappa shape index (κ1) is 14.0. The summed E-state index contributed by atoms with van der Waals surface area (Å²) in [5.74, 6) is -0.283. The van der Waals surface area contributed by atoms with Gasteiger partial charge in [0.1, 0.15) is 11.3 Å². The zero-order valence-corrected chi connectivity index (χ0v) is 11.6. The Kier molecular flexibility index (Phi) is 4.34. The molecule has 0 atom stereocenters. The third-order valence-corrected chi connectivity index (χ3v) is 2.94. The molecule has 0 aromatic carbocycles. The van der Waals surface area contributed by atoms with Crippen molar-refractivity contribution in [2.75, 3.05) is 13.1 Å². The van der Waals surface area contributed by atoms with Crippen LogP contribution in [-0.2, 0) is 11.2 Å². The summed E-state index contributed by atoms with van der Waals surface area (Å²) in [6.45, 7) is 4.22. The quantitative estimate of drug-likeness (QED) is 0.790. The lowest BCUT2D eigenvalue weighted by molar-refractivity contribution is -0.118. The third-order valence-electron chi connectivity index (χ3n) is 2.94. The largest absolute Gasteiger partial charge is 0.355 e. The van der Waals surface area contributed by atoms with Gasteiger partial charge in [0.25, 0.3) is 5.91 Å². The van der Waals surface area contributed by atoms with Crippen molar-refractivity contribution in [2.45, 2.75) is 20.3 Å². The van der Waals surface area contributed by atoms with Crippen molar-refractivity contribution in [3.8, 4) is 0 Å². The van der Waals surface area contributed by atoms with Crippen LogP contribution in [0.1, 0.15) is 30.0 Å². The van der Waals surface area contributed by atoms with Crippen LogP contribution in [0.15, 0.2) is 24.4 Å². The Hall–Kier alpha value is -2.37. The van der Waals surface area contributed by atoms with Gasteiger partial charge in [0, 0.05) is 26.2 Å². The average molecular weight is 274 g/mol. The molecule has 0 fully saturated rings. The smallest absolute Gasteiger partial charge is 0.270 e. The number of nitrogens with zero attached hydrogens (tertiary/aromatic N) is 2. The molecule has 0 bridgehead atoms. The van der Waals surface area contributed by atoms with Crippen molar-refractivity contribution < 1.29 is 9.59 Å². The molecule has 0 radical (unpaired) electrons. The number of carbonyl (C=O) groups excluding carboxylic acids is 2. The summed E-state index contributed by atoms with van der Waals surface area (Å²) < 4.78 is 1.78. The Labute approximate surface area is 117 Å². The fraction of sp³-hybridized carbons (Fsp3) is 0.357. The van der Waals surface area contributed by atoms with E-state index < -0.39 is 0 Å². The van der Waals surface area contributed by atoms with Crippen molar-refractivity contribution in [1.29, 1.82) is 0 Å². The highest BCUT2D eigenvalue weighted by Gasteiger charge is 2.17. The van der Waals surface area contributed by atoms with E-state index in [4.69, 9.17) is 0 Å². The SMILES string of the molecule is CCc1nc2ccccn2c1C(=O)NCCNC(C)=O. The molecule has 0 unspecified atom stereocenters. The van der Waals surface area contributed by atoms with Crippen molar-refractivity contribution >= 4 is 17.5 Å². The van der Waals surface area contributed by atoms with Crippen molar-refractivity contribution in [3.63, 3.8) is 0 Å². The highest BCUT2D eigenvalue weighted by molar-refractivity contribution is 5.94. The second kappa shape index (κ2) is 6.18. The third kappa shape index (κ3) is 2.96. The predicted molar refractivity (Wildman–Crippen MR) is 75.6 cm³/mol. The first-order valence-electron chi connectivity index (χ1n) is 6.62. The predicted octanol–water partition coefficient (Wildman–Crippen LogP) is 0.763. The van der Waals surface area contributed by atoms with Crippen LogP contribution in [0.5, 0.6) is 0 Å². The molecular formula is C14H18N4O2. The maximum atomic E-state index is 12.3. The van der Waals surface area contributed by atoms with Gasteiger partial charge in [0.2, 0.25) is 5.91 Å². The van der Waals surface area contributed by atoms with Gasteiger partial charge in [-0.2, -0.15) is 0 Å². The zero-order chi connectivity index (χ0) is 14.5. The molecule has 0 aliphatic heterocycles. The Bertz CT molecular complexity index is 633. The number of carbonyl (C=O) groups is 2. The molecule has 0 aliphatic rings. The Morgan fingerprint density at radius 2 is 2.00 bits per heavy atom. The van der Waals surface area contributed by atoms with E-state index in [-0.39, 0.29) is 11.8 Å². The molecule has 2 rings (SSSR count). The summed E-state index contributed by atoms with van der Waals surface area (Å²) in [7, 11) is 0. The topological polar surface area (TPSA) is 75.5 Å². The summed E-state index contributed by atoms with van der Waals surface area (Å²) >= 11 is 0. The monoisotopic (exact) mass is 274 g/mol. The van der Waals surface area contributed by atoms with Gasteiger partial charge >= 0.3 is 0 Å². The van der Waals surface area contributed by atoms with Gasteiger partial charge in [-0.05, 0) is 18.6 Å². The standard InChI is InChI=1S/C14H18N4O2/c1-3-11-13(14(20)16-8-7-15-10(2)19)18-9-5-4-6-12(18)17-11/h4-6,9H,3,7-8H2,1-2H3,(H,15,19)(H,16,20). The van der Waals surface area contributed by atoms with E-state index in [1.807, 2.05) is 31.3 Å². The minimum atomic E-state index is -0.175. The fourth-order valence-corrected chi connectivity index (χ4v) is 2.03. The van der Waals surface area contributed by atoms with Gasteiger partial charge in [0.15, 0.2) is 0 Å². The van der Waals surface area contributed by atoms with E-state index in [1.165, 1.54) is 6.92 Å². The molecule has 2 N–H and O–H groups in total. The summed E-state index contributed by atoms with van der Waals surface area (Å²) in [5, 5.41) is 5.43. The molecular weight excluding hydrogens is 256 g/mol. The number of nitrogens with one attached hydrogen (secondary N) is 2. The lowest BCUT2D eigenvalue weighted by Gasteiger charge is -2.06. The normalized spacial score (nSPS) is 10.5. The van der Waals surface area contributed by atoms with Gasteiger partial charge in [-0.1, -0.05) is 13.0 Å². The van der Waals surface area contributed by atoms with E-state index in [2.05, 4.69) is 15.6 Å². The summed E-state index contributed by atoms with van der Waals surface area (Å²) in [6, 6.07) is 5.62. The Morgan fingerprint density at radius 1 is 1.25 bits per heavy atom. The van der Waals surface area contributed by atoms with Crippen LogP contribution in [-0.4, -0.2) is 34.3 Å². The first-order chi connectivity index (χ1) is 9.63. The molecule has 20 heavy (non-hydrogen) atoms. The van der Waals surface area contributed by atoms with Crippen molar-refractivity contribution in [2.24, 2.45) is 0 Å². The number of hydrogen-bond donors (Lipinski definition) is 2. The molecule has 2 aromatic rings. The number of rotatable bonds is 5. The highest BCUT2D eigenvalue weighted by atomic mass is 16.2. The van der Waals surface area contributed by atoms with Gasteiger partial charge in [-0.15, -0.1) is 0 Å². The molecule has 0 saturated heterocycles. The van der Waals surface area contributed by atoms with Crippen LogP contribution in [0.4, 0.5) is 0 Å². The van der Waals surface area contributed by atoms with E-state index in [1.54, 1.807) is 4.40 Å². The van der Waals surface area contributed by atoms with E-state index in [0.29, 0.717) is 25.2 Å². The summed E-state index contributed by atoms with van der Waals surface area (Å²) in [6.07, 6.45) is 2.51. The molecule has 2 aromatic heterocycles. The highest BCUT2D eigenvalue weighted by Crippen LogP contribution is 2.13. The lowest BCUT2D eigenvalue weighted by Crippen LogP contribution is -2.34. The number of pyridine rings is 1. The van der Waals surface area contributed by atoms with Crippen molar-refractivity contribution in [1.82, 2.24) is 20.0 Å². The fourth-order valence-electron chi connectivity index (χ4n) is 2.03. The number of aryl methyl sites for hydroxylation is 1. The number of imidazole rings is 1. The molecule has 6 heteroatoms. The number of hydrogen-bond acceptors (Lipinski definition) is 3. The zero-order valence-electron chi connectivity index (χ0n) is 11.6. The molecule has 0 aliphatic carbocycles. The summed E-state index contributed by atoms with van der Waals surface area (Å²) in [4.78, 5) is 27.5. The lowest BCUT2D eigenvalue weighted by atomic mass is 10.2. The van der Waals surface area contributed by atoms with Gasteiger partial charge in [-0.25, -0.2) is 4.98 Å². The van der Waals surface area contributed by atoms with Crippen molar-refractivity contribution in [3.05, 3.63) is 35.8 Å². The average Bonchev–Trinajstić information content (AvgIpc) is 2.81. The molecule has 6 nitrogen and oxygen atoms in total. The van der Waals surface area contributed by atoms with Gasteiger partial charge in [0.05, 0.1) is 5.69 Å². The van der Waals surface area contributed by atoms with Crippen LogP contribution in [0.25, 0.3) is 5.65 Å². The van der Waals surface area contributed by atoms with Crippen LogP contribution < -0.4 is 10.6 Å². The van der Waals surface area contributed by atoms with E-state index >= 15 is 0 Å². The molecule has 106 valence electrons. The molecule has 2 heterocycles. The number of amides is 2. The van der Waals surface area contributed by atoms with Crippen LogP contribution in [0.3, 0.4) is 0 Å². The second-order valence-electron chi connectivity index (χ2n) is 4.43. The van der Waals surface area contributed by atoms with Crippen LogP contribution >= 0.6 is 0 Å². The maximum Gasteiger partial charge on any atom is 0.270 e. The minimum absolute atomic E-state index is 0.108. The minimum Gasteiger partial charge on any atom is -0.355 e. The molecule has 0 spiro atoms.